The molecule has 1 atom stereocenters. The predicted octanol–water partition coefficient (Wildman–Crippen LogP) is 19.8. The number of anilines is 3. The molecule has 11 aromatic carbocycles. The highest BCUT2D eigenvalue weighted by Crippen LogP contribution is 2.56. The molecule has 2 heteroatoms. The van der Waals surface area contributed by atoms with E-state index in [2.05, 4.69) is 271 Å². The average Bonchev–Trinajstić information content (AvgIpc) is 3.98. The van der Waals surface area contributed by atoms with Gasteiger partial charge in [-0.05, 0) is 129 Å². The van der Waals surface area contributed by atoms with Crippen molar-refractivity contribution in [3.05, 3.63) is 277 Å². The maximum Gasteiger partial charge on any atom is 0.0620 e. The maximum absolute atomic E-state index is 2.54. The number of para-hydroxylation sites is 5. The molecular formula is C72H56N2. The summed E-state index contributed by atoms with van der Waals surface area (Å²) in [5.74, 6) is 0.555. The summed E-state index contributed by atoms with van der Waals surface area (Å²) >= 11 is 0. The molecule has 1 fully saturated rings. The maximum atomic E-state index is 2.54. The first-order valence-electron chi connectivity index (χ1n) is 26.6. The van der Waals surface area contributed by atoms with Gasteiger partial charge in [-0.2, -0.15) is 0 Å². The number of benzene rings is 11. The molecule has 12 aromatic rings. The Bertz CT molecular complexity index is 4060. The van der Waals surface area contributed by atoms with Crippen molar-refractivity contribution < 1.29 is 0 Å². The van der Waals surface area contributed by atoms with E-state index in [9.17, 15) is 0 Å². The van der Waals surface area contributed by atoms with Gasteiger partial charge in [-0.15, -0.1) is 0 Å². The van der Waals surface area contributed by atoms with Crippen LogP contribution in [0.1, 0.15) is 67.2 Å². The summed E-state index contributed by atoms with van der Waals surface area (Å²) in [7, 11) is 0. The van der Waals surface area contributed by atoms with Gasteiger partial charge in [0.05, 0.1) is 22.4 Å². The lowest BCUT2D eigenvalue weighted by Crippen LogP contribution is -2.22. The highest BCUT2D eigenvalue weighted by Gasteiger charge is 2.41. The van der Waals surface area contributed by atoms with Gasteiger partial charge >= 0.3 is 0 Å². The van der Waals surface area contributed by atoms with Gasteiger partial charge in [0.2, 0.25) is 0 Å². The van der Waals surface area contributed by atoms with Crippen LogP contribution in [0.4, 0.5) is 17.1 Å². The Balaban J connectivity index is 0.997. The molecule has 1 aromatic heterocycles. The minimum atomic E-state index is -0.277. The van der Waals surface area contributed by atoms with Crippen LogP contribution in [0.15, 0.2) is 255 Å². The zero-order valence-electron chi connectivity index (χ0n) is 41.8. The molecular weight excluding hydrogens is 893 g/mol. The van der Waals surface area contributed by atoms with E-state index < -0.39 is 0 Å². The SMILES string of the molecule is CC1(c2ccccc2)c2ccccc2-c2c(-c3ccc(N(c4ccccc4-c4cccc5cccc(C6CCCCC6)c45)c4ccccc4-c4cccc5c6ccccc6n(-c6ccccc6)c45)cc3)cccc21. The van der Waals surface area contributed by atoms with Crippen LogP contribution in [0.2, 0.25) is 0 Å². The van der Waals surface area contributed by atoms with Crippen LogP contribution in [0.3, 0.4) is 0 Å². The van der Waals surface area contributed by atoms with Crippen molar-refractivity contribution in [2.24, 2.45) is 0 Å². The molecule has 0 N–H and O–H groups in total. The van der Waals surface area contributed by atoms with Gasteiger partial charge in [0.15, 0.2) is 0 Å². The summed E-state index contributed by atoms with van der Waals surface area (Å²) in [4.78, 5) is 2.54. The third-order valence-electron chi connectivity index (χ3n) is 16.7. The van der Waals surface area contributed by atoms with Gasteiger partial charge in [0.1, 0.15) is 0 Å². The van der Waals surface area contributed by atoms with E-state index in [0.29, 0.717) is 5.92 Å². The molecule has 0 spiro atoms. The number of rotatable bonds is 9. The van der Waals surface area contributed by atoms with E-state index in [1.807, 2.05) is 0 Å². The summed E-state index contributed by atoms with van der Waals surface area (Å²) in [5.41, 5.74) is 22.0. The lowest BCUT2D eigenvalue weighted by atomic mass is 9.74. The standard InChI is InChI=1S/C72H56N2/c1-72(52-27-7-3-8-28-52)64-40-15-11-34-63(64)70-56(36-22-41-65(70)72)50-45-47-54(48-46-50)73(66-42-16-12-31-57(66)60-37-20-26-51-25-19-35-55(69(51)60)49-23-5-2-6-24-49)67-43-17-13-32-58(67)61-38-21-39-62-59-33-14-18-44-68(59)74(71(61)62)53-29-9-4-10-30-53/h3-4,7-22,25-49H,2,5-6,23-24H2,1H3. The van der Waals surface area contributed by atoms with Crippen molar-refractivity contribution in [1.82, 2.24) is 4.57 Å². The van der Waals surface area contributed by atoms with Crippen molar-refractivity contribution in [2.75, 3.05) is 4.90 Å². The van der Waals surface area contributed by atoms with Gasteiger partial charge in [-0.3, -0.25) is 0 Å². The average molecular weight is 949 g/mol. The molecule has 1 heterocycles. The minimum Gasteiger partial charge on any atom is -0.309 e. The number of fused-ring (bicyclic) bond motifs is 7. The summed E-state index contributed by atoms with van der Waals surface area (Å²) in [6, 6.07) is 95.2. The fourth-order valence-corrected chi connectivity index (χ4v) is 13.3. The molecule has 2 nitrogen and oxygen atoms in total. The molecule has 0 aliphatic heterocycles. The normalized spacial score (nSPS) is 15.4. The van der Waals surface area contributed by atoms with Crippen molar-refractivity contribution in [3.63, 3.8) is 0 Å². The molecule has 0 amide bonds. The molecule has 2 aliphatic rings. The Hall–Kier alpha value is -8.72. The molecule has 2 aliphatic carbocycles. The zero-order chi connectivity index (χ0) is 49.2. The van der Waals surface area contributed by atoms with Gasteiger partial charge in [0, 0.05) is 44.3 Å². The van der Waals surface area contributed by atoms with Crippen molar-refractivity contribution in [3.8, 4) is 50.2 Å². The van der Waals surface area contributed by atoms with Crippen LogP contribution in [-0.4, -0.2) is 4.57 Å². The quantitative estimate of drug-likeness (QED) is 0.140. The first-order chi connectivity index (χ1) is 36.6. The number of nitrogens with zero attached hydrogens (tertiary/aromatic N) is 2. The Morgan fingerprint density at radius 2 is 0.973 bits per heavy atom. The number of hydrogen-bond acceptors (Lipinski definition) is 1. The topological polar surface area (TPSA) is 8.17 Å². The fraction of sp³-hybridized carbons (Fsp3) is 0.111. The second-order valence-electron chi connectivity index (χ2n) is 20.7. The van der Waals surface area contributed by atoms with Crippen LogP contribution in [-0.2, 0) is 5.41 Å². The van der Waals surface area contributed by atoms with E-state index in [4.69, 9.17) is 0 Å². The fourth-order valence-electron chi connectivity index (χ4n) is 13.3. The van der Waals surface area contributed by atoms with E-state index >= 15 is 0 Å². The van der Waals surface area contributed by atoms with Crippen LogP contribution in [0.5, 0.6) is 0 Å². The highest BCUT2D eigenvalue weighted by atomic mass is 15.1. The summed E-state index contributed by atoms with van der Waals surface area (Å²) in [6.07, 6.45) is 6.40. The van der Waals surface area contributed by atoms with Gasteiger partial charge in [-0.1, -0.05) is 232 Å². The Kier molecular flexibility index (Phi) is 10.8. The highest BCUT2D eigenvalue weighted by molar-refractivity contribution is 6.15. The predicted molar refractivity (Wildman–Crippen MR) is 313 cm³/mol. The second kappa shape index (κ2) is 18.1. The van der Waals surface area contributed by atoms with Gasteiger partial charge in [0.25, 0.3) is 0 Å². The second-order valence-corrected chi connectivity index (χ2v) is 20.7. The minimum absolute atomic E-state index is 0.277. The monoisotopic (exact) mass is 948 g/mol. The smallest absolute Gasteiger partial charge is 0.0620 e. The number of aromatic nitrogens is 1. The van der Waals surface area contributed by atoms with Crippen LogP contribution < -0.4 is 4.90 Å². The van der Waals surface area contributed by atoms with Crippen LogP contribution >= 0.6 is 0 Å². The number of hydrogen-bond donors (Lipinski definition) is 0. The Morgan fingerprint density at radius 1 is 0.419 bits per heavy atom. The Morgan fingerprint density at radius 3 is 1.74 bits per heavy atom. The summed E-state index contributed by atoms with van der Waals surface area (Å²) in [5, 5.41) is 5.17. The third-order valence-corrected chi connectivity index (χ3v) is 16.7. The first kappa shape index (κ1) is 44.0. The van der Waals surface area contributed by atoms with Crippen LogP contribution in [0.25, 0.3) is 82.8 Å². The molecule has 354 valence electrons. The molecule has 0 bridgehead atoms. The molecule has 1 saturated carbocycles. The summed E-state index contributed by atoms with van der Waals surface area (Å²) in [6.45, 7) is 2.40. The third kappa shape index (κ3) is 7.00. The van der Waals surface area contributed by atoms with Gasteiger partial charge in [-0.25, -0.2) is 0 Å². The molecule has 14 rings (SSSR count). The van der Waals surface area contributed by atoms with E-state index in [0.717, 1.165) is 28.3 Å². The van der Waals surface area contributed by atoms with Crippen molar-refractivity contribution >= 4 is 49.6 Å². The molecule has 0 saturated heterocycles. The van der Waals surface area contributed by atoms with Gasteiger partial charge < -0.3 is 9.47 Å². The molecule has 1 unspecified atom stereocenters. The summed E-state index contributed by atoms with van der Waals surface area (Å²) < 4.78 is 2.46. The zero-order valence-corrected chi connectivity index (χ0v) is 41.8. The first-order valence-corrected chi connectivity index (χ1v) is 26.6. The Labute approximate surface area is 434 Å². The molecule has 74 heavy (non-hydrogen) atoms. The van der Waals surface area contributed by atoms with Crippen LogP contribution in [0, 0.1) is 0 Å². The van der Waals surface area contributed by atoms with Crippen molar-refractivity contribution in [2.45, 2.75) is 50.4 Å². The lowest BCUT2D eigenvalue weighted by molar-refractivity contribution is 0.445. The lowest BCUT2D eigenvalue weighted by Gasteiger charge is -2.31. The molecule has 0 radical (unpaired) electrons. The van der Waals surface area contributed by atoms with Crippen molar-refractivity contribution in [1.29, 1.82) is 0 Å². The van der Waals surface area contributed by atoms with E-state index in [1.165, 1.54) is 126 Å². The van der Waals surface area contributed by atoms with E-state index in [1.54, 1.807) is 0 Å². The van der Waals surface area contributed by atoms with E-state index in [-0.39, 0.29) is 5.41 Å². The largest absolute Gasteiger partial charge is 0.309 e.